The van der Waals surface area contributed by atoms with E-state index in [2.05, 4.69) is 192 Å². The third kappa shape index (κ3) is 7.25. The molecular formula is C58H52N6. The van der Waals surface area contributed by atoms with E-state index in [1.165, 1.54) is 66.8 Å². The lowest BCUT2D eigenvalue weighted by Crippen LogP contribution is -1.97. The Morgan fingerprint density at radius 1 is 0.375 bits per heavy atom. The zero-order valence-corrected chi connectivity index (χ0v) is 38.0. The predicted octanol–water partition coefficient (Wildman–Crippen LogP) is 15.2. The molecule has 0 spiro atoms. The molecule has 10 rings (SSSR count). The predicted molar refractivity (Wildman–Crippen MR) is 271 cm³/mol. The maximum absolute atomic E-state index is 5.61. The molecule has 3 N–H and O–H groups in total. The molecule has 4 aromatic carbocycles. The van der Waals surface area contributed by atoms with Crippen LogP contribution in [0.2, 0.25) is 0 Å². The number of aryl methyl sites for hydroxylation is 9. The molecule has 0 saturated heterocycles. The van der Waals surface area contributed by atoms with Gasteiger partial charge in [-0.05, 0) is 191 Å². The Bertz CT molecular complexity index is 3210. The Labute approximate surface area is 375 Å². The van der Waals surface area contributed by atoms with Gasteiger partial charge in [0.1, 0.15) is 5.82 Å². The lowest BCUT2D eigenvalue weighted by atomic mass is 9.92. The second kappa shape index (κ2) is 16.0. The van der Waals surface area contributed by atoms with Crippen molar-refractivity contribution in [3.05, 3.63) is 182 Å². The minimum atomic E-state index is 0.799. The lowest BCUT2D eigenvalue weighted by Gasteiger charge is -2.14. The fourth-order valence-electron chi connectivity index (χ4n) is 10.3. The van der Waals surface area contributed by atoms with Gasteiger partial charge in [-0.3, -0.25) is 0 Å². The van der Waals surface area contributed by atoms with Crippen LogP contribution in [0.5, 0.6) is 0 Å². The third-order valence-electron chi connectivity index (χ3n) is 12.6. The first-order chi connectivity index (χ1) is 30.9. The van der Waals surface area contributed by atoms with Gasteiger partial charge in [0.25, 0.3) is 0 Å². The molecule has 0 fully saturated rings. The summed E-state index contributed by atoms with van der Waals surface area (Å²) in [4.78, 5) is 23.6. The number of hydrogen-bond donors (Lipinski definition) is 3. The third-order valence-corrected chi connectivity index (χ3v) is 12.6. The summed E-state index contributed by atoms with van der Waals surface area (Å²) >= 11 is 0. The summed E-state index contributed by atoms with van der Waals surface area (Å²) in [6.45, 7) is 19.8. The molecule has 8 aromatic rings. The number of H-pyrrole nitrogens is 2. The Morgan fingerprint density at radius 3 is 1.14 bits per heavy atom. The van der Waals surface area contributed by atoms with E-state index in [9.17, 15) is 0 Å². The number of rotatable bonds is 6. The quantitative estimate of drug-likeness (QED) is 0.156. The number of nitrogens with zero attached hydrogens (tertiary/aromatic N) is 3. The molecule has 0 saturated carbocycles. The topological polar surface area (TPSA) is 82.3 Å². The van der Waals surface area contributed by atoms with Gasteiger partial charge >= 0.3 is 0 Å². The van der Waals surface area contributed by atoms with E-state index in [1.807, 2.05) is 18.2 Å². The monoisotopic (exact) mass is 832 g/mol. The van der Waals surface area contributed by atoms with Gasteiger partial charge in [-0.1, -0.05) is 71.3 Å². The summed E-state index contributed by atoms with van der Waals surface area (Å²) < 4.78 is 0. The van der Waals surface area contributed by atoms with Gasteiger partial charge < -0.3 is 15.3 Å². The number of aromatic amines is 2. The molecule has 0 radical (unpaired) electrons. The van der Waals surface area contributed by atoms with Crippen LogP contribution in [0.3, 0.4) is 0 Å². The highest BCUT2D eigenvalue weighted by molar-refractivity contribution is 6.01. The van der Waals surface area contributed by atoms with Gasteiger partial charge in [-0.15, -0.1) is 0 Å². The van der Waals surface area contributed by atoms with Crippen LogP contribution in [0.1, 0.15) is 72.8 Å². The second-order valence-corrected chi connectivity index (χ2v) is 17.7. The van der Waals surface area contributed by atoms with Gasteiger partial charge in [0.15, 0.2) is 0 Å². The summed E-state index contributed by atoms with van der Waals surface area (Å²) in [5.41, 5.74) is 28.3. The highest BCUT2D eigenvalue weighted by Gasteiger charge is 2.23. The fraction of sp³-hybridized carbons (Fsp3) is 0.155. The highest BCUT2D eigenvalue weighted by Crippen LogP contribution is 2.42. The Morgan fingerprint density at radius 2 is 0.750 bits per heavy atom. The molecular weight excluding hydrogens is 781 g/mol. The van der Waals surface area contributed by atoms with Crippen LogP contribution < -0.4 is 5.32 Å². The number of nitrogens with one attached hydrogen (secondary N) is 3. The number of anilines is 2. The van der Waals surface area contributed by atoms with E-state index in [4.69, 9.17) is 9.97 Å². The van der Waals surface area contributed by atoms with Gasteiger partial charge in [0.2, 0.25) is 0 Å². The first-order valence-corrected chi connectivity index (χ1v) is 22.1. The molecule has 0 aliphatic carbocycles. The van der Waals surface area contributed by atoms with Crippen molar-refractivity contribution in [1.29, 1.82) is 0 Å². The maximum Gasteiger partial charge on any atom is 0.130 e. The summed E-state index contributed by atoms with van der Waals surface area (Å²) in [5.74, 6) is 0.799. The zero-order chi connectivity index (χ0) is 44.4. The van der Waals surface area contributed by atoms with Crippen LogP contribution in [0.15, 0.2) is 109 Å². The summed E-state index contributed by atoms with van der Waals surface area (Å²) in [7, 11) is 0. The second-order valence-electron chi connectivity index (χ2n) is 17.7. The molecule has 6 heteroatoms. The lowest BCUT2D eigenvalue weighted by molar-refractivity contribution is 1.24. The summed E-state index contributed by atoms with van der Waals surface area (Å²) in [5, 5.41) is 3.46. The Balaban J connectivity index is 1.36. The molecule has 0 atom stereocenters. The Hall–Kier alpha value is -7.57. The number of benzene rings is 4. The van der Waals surface area contributed by atoms with Crippen LogP contribution in [0.25, 0.3) is 90.9 Å². The minimum absolute atomic E-state index is 0.799. The molecule has 8 bridgehead atoms. The SMILES string of the molecule is Cc1cc(C)c(-c2c3nc(c(-c4c(C)cc(C)cc4C)c4ccc([nH]4)c(-c4ccc(Nc5ccccn5)cc4)c4ccc([nH]4)c(-c4c(C)cc(C)cc4C)c4nc2C=C4)C=C3)c(C)c1. The normalized spacial score (nSPS) is 12.0. The van der Waals surface area contributed by atoms with Crippen molar-refractivity contribution in [3.8, 4) is 44.5 Å². The van der Waals surface area contributed by atoms with Gasteiger partial charge in [0, 0.05) is 56.2 Å². The Kier molecular flexibility index (Phi) is 10.1. The van der Waals surface area contributed by atoms with Crippen LogP contribution in [-0.2, 0) is 0 Å². The van der Waals surface area contributed by atoms with E-state index >= 15 is 0 Å². The standard InChI is InChI=1S/C58H52N6/c1-32-26-35(4)52(36(5)27-32)56-45-19-17-43(61-45)55(41-13-15-42(16-14-41)60-51-12-10-11-25-59-51)44-18-20-46(62-44)57(53-37(6)28-33(2)29-38(53)7)48-22-24-50(64-48)58(49-23-21-47(56)63-49)54-39(8)30-34(3)31-40(54)9/h10-31,61-62H,1-9H3,(H,59,60). The largest absolute Gasteiger partial charge is 0.354 e. The number of pyridine rings is 1. The molecule has 64 heavy (non-hydrogen) atoms. The van der Waals surface area contributed by atoms with Gasteiger partial charge in [-0.2, -0.15) is 0 Å². The molecule has 6 heterocycles. The average molecular weight is 833 g/mol. The van der Waals surface area contributed by atoms with E-state index in [0.717, 1.165) is 84.2 Å². The minimum Gasteiger partial charge on any atom is -0.354 e. The number of aromatic nitrogens is 5. The summed E-state index contributed by atoms with van der Waals surface area (Å²) in [6.07, 6.45) is 10.6. The molecule has 6 nitrogen and oxygen atoms in total. The summed E-state index contributed by atoms with van der Waals surface area (Å²) in [6, 6.07) is 37.0. The van der Waals surface area contributed by atoms with E-state index in [0.29, 0.717) is 0 Å². The van der Waals surface area contributed by atoms with Crippen LogP contribution in [0, 0.1) is 62.3 Å². The van der Waals surface area contributed by atoms with Crippen molar-refractivity contribution >= 4 is 57.9 Å². The van der Waals surface area contributed by atoms with Crippen LogP contribution >= 0.6 is 0 Å². The first kappa shape index (κ1) is 40.5. The van der Waals surface area contributed by atoms with E-state index < -0.39 is 0 Å². The van der Waals surface area contributed by atoms with Crippen molar-refractivity contribution in [3.63, 3.8) is 0 Å². The maximum atomic E-state index is 5.61. The van der Waals surface area contributed by atoms with Crippen molar-refractivity contribution in [2.45, 2.75) is 62.3 Å². The van der Waals surface area contributed by atoms with Crippen molar-refractivity contribution in [1.82, 2.24) is 24.9 Å². The van der Waals surface area contributed by atoms with Crippen molar-refractivity contribution < 1.29 is 0 Å². The highest BCUT2D eigenvalue weighted by atomic mass is 15.0. The first-order valence-electron chi connectivity index (χ1n) is 22.1. The number of fused-ring (bicyclic) bond motifs is 8. The van der Waals surface area contributed by atoms with Crippen molar-refractivity contribution in [2.24, 2.45) is 0 Å². The van der Waals surface area contributed by atoms with Gasteiger partial charge in [0.05, 0.1) is 22.8 Å². The molecule has 2 aliphatic heterocycles. The van der Waals surface area contributed by atoms with E-state index in [1.54, 1.807) is 6.20 Å². The van der Waals surface area contributed by atoms with E-state index in [-0.39, 0.29) is 0 Å². The smallest absolute Gasteiger partial charge is 0.130 e. The van der Waals surface area contributed by atoms with Crippen LogP contribution in [0.4, 0.5) is 11.5 Å². The molecule has 0 amide bonds. The number of hydrogen-bond acceptors (Lipinski definition) is 4. The zero-order valence-electron chi connectivity index (χ0n) is 38.0. The van der Waals surface area contributed by atoms with Crippen LogP contribution in [-0.4, -0.2) is 24.9 Å². The fourth-order valence-corrected chi connectivity index (χ4v) is 10.3. The molecule has 4 aromatic heterocycles. The molecule has 2 aliphatic rings. The molecule has 0 unspecified atom stereocenters. The average Bonchev–Trinajstić information content (AvgIpc) is 4.09. The molecule has 314 valence electrons. The van der Waals surface area contributed by atoms with Gasteiger partial charge in [-0.25, -0.2) is 15.0 Å². The van der Waals surface area contributed by atoms with Crippen molar-refractivity contribution in [2.75, 3.05) is 5.32 Å².